The van der Waals surface area contributed by atoms with Crippen molar-refractivity contribution in [2.45, 2.75) is 31.4 Å². The van der Waals surface area contributed by atoms with Crippen molar-refractivity contribution in [3.63, 3.8) is 0 Å². The minimum Gasteiger partial charge on any atom is -0.381 e. The number of methoxy groups -OCH3 is 1. The Morgan fingerprint density at radius 1 is 1.30 bits per heavy atom. The Morgan fingerprint density at radius 2 is 2.04 bits per heavy atom. The number of tetrazole rings is 1. The molecule has 23 heavy (non-hydrogen) atoms. The molecule has 1 aliphatic rings. The maximum Gasteiger partial charge on any atom is 0.247 e. The van der Waals surface area contributed by atoms with Crippen LogP contribution >= 0.6 is 0 Å². The molecule has 1 amide bonds. The van der Waals surface area contributed by atoms with E-state index in [0.29, 0.717) is 19.5 Å². The number of hydrogen-bond donors (Lipinski definition) is 0. The second kappa shape index (κ2) is 7.32. The number of rotatable bonds is 5. The lowest BCUT2D eigenvalue weighted by molar-refractivity contribution is -0.137. The van der Waals surface area contributed by atoms with E-state index >= 15 is 0 Å². The summed E-state index contributed by atoms with van der Waals surface area (Å²) in [5, 5.41) is 11.3. The average Bonchev–Trinajstić information content (AvgIpc) is 3.14. The summed E-state index contributed by atoms with van der Waals surface area (Å²) in [5.74, 6) is 0.0655. The lowest BCUT2D eigenvalue weighted by Crippen LogP contribution is -2.44. The van der Waals surface area contributed by atoms with Crippen molar-refractivity contribution < 1.29 is 9.53 Å². The first-order valence-corrected chi connectivity index (χ1v) is 7.86. The topological polar surface area (TPSA) is 73.1 Å². The zero-order valence-corrected chi connectivity index (χ0v) is 13.2. The van der Waals surface area contributed by atoms with Crippen LogP contribution in [-0.2, 0) is 16.0 Å². The van der Waals surface area contributed by atoms with Crippen LogP contribution in [0.5, 0.6) is 0 Å². The Bertz CT molecular complexity index is 609. The molecular formula is C16H21N5O2. The van der Waals surface area contributed by atoms with Crippen LogP contribution in [-0.4, -0.2) is 57.3 Å². The van der Waals surface area contributed by atoms with Crippen molar-refractivity contribution in [3.8, 4) is 0 Å². The van der Waals surface area contributed by atoms with Crippen LogP contribution < -0.4 is 0 Å². The van der Waals surface area contributed by atoms with E-state index in [0.717, 1.165) is 18.4 Å². The fraction of sp³-hybridized carbons (Fsp3) is 0.500. The number of benzene rings is 1. The molecular weight excluding hydrogens is 294 g/mol. The quantitative estimate of drug-likeness (QED) is 0.826. The van der Waals surface area contributed by atoms with Crippen LogP contribution in [0.3, 0.4) is 0 Å². The third-order valence-corrected chi connectivity index (χ3v) is 4.33. The molecule has 1 aromatic carbocycles. The molecule has 0 aliphatic carbocycles. The molecule has 1 aliphatic heterocycles. The number of ether oxygens (including phenoxy) is 1. The summed E-state index contributed by atoms with van der Waals surface area (Å²) in [4.78, 5) is 14.9. The van der Waals surface area contributed by atoms with E-state index < -0.39 is 6.04 Å². The highest BCUT2D eigenvalue weighted by atomic mass is 16.5. The van der Waals surface area contributed by atoms with Gasteiger partial charge in [0.05, 0.1) is 6.10 Å². The zero-order valence-electron chi connectivity index (χ0n) is 13.2. The van der Waals surface area contributed by atoms with Crippen molar-refractivity contribution in [2.75, 3.05) is 20.2 Å². The Labute approximate surface area is 135 Å². The van der Waals surface area contributed by atoms with E-state index in [2.05, 4.69) is 15.5 Å². The highest BCUT2D eigenvalue weighted by Crippen LogP contribution is 2.20. The number of likely N-dealkylation sites (tertiary alicyclic amines) is 1. The summed E-state index contributed by atoms with van der Waals surface area (Å²) in [6.07, 6.45) is 4.08. The SMILES string of the molecule is COC1CCN(C(=O)[C@@H](Cc2ccccc2)n2cnnn2)CC1. The Kier molecular flexibility index (Phi) is 4.97. The molecule has 1 saturated heterocycles. The predicted molar refractivity (Wildman–Crippen MR) is 83.6 cm³/mol. The predicted octanol–water partition coefficient (Wildman–Crippen LogP) is 1.09. The van der Waals surface area contributed by atoms with Crippen LogP contribution in [0.1, 0.15) is 24.4 Å². The first kappa shape index (κ1) is 15.6. The van der Waals surface area contributed by atoms with Crippen LogP contribution in [0.2, 0.25) is 0 Å². The molecule has 122 valence electrons. The Hall–Kier alpha value is -2.28. The number of hydrogen-bond acceptors (Lipinski definition) is 5. The van der Waals surface area contributed by atoms with Gasteiger partial charge >= 0.3 is 0 Å². The molecule has 0 spiro atoms. The molecule has 1 atom stereocenters. The van der Waals surface area contributed by atoms with E-state index in [1.54, 1.807) is 11.8 Å². The van der Waals surface area contributed by atoms with E-state index in [1.807, 2.05) is 35.2 Å². The van der Waals surface area contributed by atoms with Gasteiger partial charge in [-0.25, -0.2) is 4.68 Å². The maximum atomic E-state index is 13.0. The molecule has 0 saturated carbocycles. The largest absolute Gasteiger partial charge is 0.381 e. The second-order valence-corrected chi connectivity index (χ2v) is 5.76. The third-order valence-electron chi connectivity index (χ3n) is 4.33. The summed E-state index contributed by atoms with van der Waals surface area (Å²) >= 11 is 0. The maximum absolute atomic E-state index is 13.0. The fourth-order valence-electron chi connectivity index (χ4n) is 2.97. The van der Waals surface area contributed by atoms with Gasteiger partial charge in [-0.2, -0.15) is 0 Å². The minimum absolute atomic E-state index is 0.0655. The molecule has 7 nitrogen and oxygen atoms in total. The van der Waals surface area contributed by atoms with Gasteiger partial charge in [0.2, 0.25) is 5.91 Å². The van der Waals surface area contributed by atoms with Crippen LogP contribution in [0, 0.1) is 0 Å². The Balaban J connectivity index is 1.74. The number of carbonyl (C=O) groups is 1. The van der Waals surface area contributed by atoms with Crippen molar-refractivity contribution >= 4 is 5.91 Å². The summed E-state index contributed by atoms with van der Waals surface area (Å²) in [5.41, 5.74) is 1.09. The third kappa shape index (κ3) is 3.73. The van der Waals surface area contributed by atoms with Gasteiger partial charge in [0, 0.05) is 26.6 Å². The molecule has 2 aromatic rings. The fourth-order valence-corrected chi connectivity index (χ4v) is 2.97. The van der Waals surface area contributed by atoms with E-state index in [1.165, 1.54) is 6.33 Å². The molecule has 2 heterocycles. The van der Waals surface area contributed by atoms with Gasteiger partial charge in [-0.05, 0) is 28.8 Å². The van der Waals surface area contributed by atoms with E-state index in [9.17, 15) is 4.79 Å². The van der Waals surface area contributed by atoms with E-state index in [-0.39, 0.29) is 12.0 Å². The molecule has 1 fully saturated rings. The second-order valence-electron chi connectivity index (χ2n) is 5.76. The summed E-state index contributed by atoms with van der Waals surface area (Å²) < 4.78 is 6.93. The summed E-state index contributed by atoms with van der Waals surface area (Å²) in [7, 11) is 1.72. The van der Waals surface area contributed by atoms with Gasteiger partial charge in [-0.1, -0.05) is 30.3 Å². The van der Waals surface area contributed by atoms with Crippen molar-refractivity contribution in [2.24, 2.45) is 0 Å². The first-order chi connectivity index (χ1) is 11.3. The standard InChI is InChI=1S/C16H21N5O2/c1-23-14-7-9-20(10-8-14)16(22)15(21-12-17-18-19-21)11-13-5-3-2-4-6-13/h2-6,12,14-15H,7-11H2,1H3/t15-/m1/s1. The molecule has 0 radical (unpaired) electrons. The van der Waals surface area contributed by atoms with Crippen LogP contribution in [0.25, 0.3) is 0 Å². The zero-order chi connectivity index (χ0) is 16.1. The number of nitrogens with zero attached hydrogens (tertiary/aromatic N) is 5. The summed E-state index contributed by atoms with van der Waals surface area (Å²) in [6.45, 7) is 1.43. The van der Waals surface area contributed by atoms with Crippen molar-refractivity contribution in [1.82, 2.24) is 25.1 Å². The van der Waals surface area contributed by atoms with Crippen molar-refractivity contribution in [1.29, 1.82) is 0 Å². The lowest BCUT2D eigenvalue weighted by Gasteiger charge is -2.33. The van der Waals surface area contributed by atoms with Crippen LogP contribution in [0.15, 0.2) is 36.7 Å². The molecule has 3 rings (SSSR count). The van der Waals surface area contributed by atoms with Gasteiger partial charge < -0.3 is 9.64 Å². The molecule has 7 heteroatoms. The Morgan fingerprint density at radius 3 is 2.65 bits per heavy atom. The first-order valence-electron chi connectivity index (χ1n) is 7.86. The van der Waals surface area contributed by atoms with Gasteiger partial charge in [0.15, 0.2) is 0 Å². The van der Waals surface area contributed by atoms with Gasteiger partial charge in [0.25, 0.3) is 0 Å². The van der Waals surface area contributed by atoms with Gasteiger partial charge in [-0.3, -0.25) is 4.79 Å². The lowest BCUT2D eigenvalue weighted by atomic mass is 10.0. The molecule has 1 aromatic heterocycles. The number of piperidine rings is 1. The molecule has 0 bridgehead atoms. The number of amides is 1. The van der Waals surface area contributed by atoms with Crippen LogP contribution in [0.4, 0.5) is 0 Å². The van der Waals surface area contributed by atoms with E-state index in [4.69, 9.17) is 4.74 Å². The normalized spacial score (nSPS) is 17.2. The van der Waals surface area contributed by atoms with Crippen molar-refractivity contribution in [3.05, 3.63) is 42.2 Å². The molecule has 0 unspecified atom stereocenters. The molecule has 0 N–H and O–H groups in total. The highest BCUT2D eigenvalue weighted by molar-refractivity contribution is 5.80. The van der Waals surface area contributed by atoms with Gasteiger partial charge in [-0.15, -0.1) is 5.10 Å². The minimum atomic E-state index is -0.411. The average molecular weight is 315 g/mol. The number of aromatic nitrogens is 4. The smallest absolute Gasteiger partial charge is 0.247 e. The summed E-state index contributed by atoms with van der Waals surface area (Å²) in [6, 6.07) is 9.53. The van der Waals surface area contributed by atoms with Gasteiger partial charge in [0.1, 0.15) is 12.4 Å². The highest BCUT2D eigenvalue weighted by Gasteiger charge is 2.30. The monoisotopic (exact) mass is 315 g/mol. The number of carbonyl (C=O) groups excluding carboxylic acids is 1.